The number of carbonyl (C=O) groups is 2. The summed E-state index contributed by atoms with van der Waals surface area (Å²) in [4.78, 5) is 59.6. The van der Waals surface area contributed by atoms with Gasteiger partial charge < -0.3 is 4.98 Å². The number of hydrogen-bond acceptors (Lipinski definition) is 5. The molecule has 2 unspecified atom stereocenters. The van der Waals surface area contributed by atoms with Crippen molar-refractivity contribution in [2.45, 2.75) is 78.8 Å². The Morgan fingerprint density at radius 1 is 0.931 bits per heavy atom. The van der Waals surface area contributed by atoms with Gasteiger partial charge in [0.25, 0.3) is 5.56 Å². The SMILES string of the molecule is CCCn1c(=O)c2[nH]c(C34CCC(C)(C(=O)C3=O)C4(C)C)nc2n(CCC)c1=O. The topological polar surface area (TPSA) is 107 Å². The fourth-order valence-electron chi connectivity index (χ4n) is 5.51. The minimum Gasteiger partial charge on any atom is -0.335 e. The van der Waals surface area contributed by atoms with Crippen molar-refractivity contribution in [2.24, 2.45) is 10.8 Å². The van der Waals surface area contributed by atoms with Gasteiger partial charge in [-0.05, 0) is 31.1 Å². The van der Waals surface area contributed by atoms with Crippen LogP contribution in [0.1, 0.15) is 66.1 Å². The Morgan fingerprint density at radius 3 is 2.10 bits per heavy atom. The van der Waals surface area contributed by atoms with E-state index < -0.39 is 27.6 Å². The molecular formula is C21H28N4O4. The monoisotopic (exact) mass is 400 g/mol. The molecule has 0 radical (unpaired) electrons. The molecule has 2 bridgehead atoms. The van der Waals surface area contributed by atoms with Crippen molar-refractivity contribution in [1.82, 2.24) is 19.1 Å². The van der Waals surface area contributed by atoms with Crippen LogP contribution in [0.5, 0.6) is 0 Å². The van der Waals surface area contributed by atoms with Crippen LogP contribution in [0.15, 0.2) is 9.59 Å². The zero-order chi connectivity index (χ0) is 21.4. The van der Waals surface area contributed by atoms with Crippen molar-refractivity contribution in [3.63, 3.8) is 0 Å². The summed E-state index contributed by atoms with van der Waals surface area (Å²) in [5.41, 5.74) is -2.78. The number of imidazole rings is 1. The van der Waals surface area contributed by atoms with Crippen molar-refractivity contribution >= 4 is 22.7 Å². The molecule has 2 aromatic rings. The number of rotatable bonds is 5. The zero-order valence-corrected chi connectivity index (χ0v) is 17.7. The second-order valence-corrected chi connectivity index (χ2v) is 9.20. The van der Waals surface area contributed by atoms with Crippen LogP contribution in [0.4, 0.5) is 0 Å². The van der Waals surface area contributed by atoms with Crippen molar-refractivity contribution in [3.05, 3.63) is 26.7 Å². The fraction of sp³-hybridized carbons (Fsp3) is 0.667. The van der Waals surface area contributed by atoms with Crippen LogP contribution >= 0.6 is 0 Å². The number of nitrogens with zero attached hydrogens (tertiary/aromatic N) is 3. The van der Waals surface area contributed by atoms with Crippen LogP contribution < -0.4 is 11.2 Å². The van der Waals surface area contributed by atoms with Crippen LogP contribution in [0.3, 0.4) is 0 Å². The standard InChI is InChI=1S/C21H28N4O4/c1-6-10-24-15-12(16(28)25(11-7-2)18(24)29)22-17(23-15)21-9-8-20(5,19(21,3)4)13(26)14(21)27/h6-11H2,1-5H3,(H,22,23). The number of nitrogens with one attached hydrogen (secondary N) is 1. The van der Waals surface area contributed by atoms with Gasteiger partial charge in [-0.15, -0.1) is 0 Å². The van der Waals surface area contributed by atoms with E-state index in [0.717, 1.165) is 0 Å². The molecule has 2 heterocycles. The van der Waals surface area contributed by atoms with Crippen LogP contribution in [-0.4, -0.2) is 30.7 Å². The molecule has 2 aliphatic carbocycles. The van der Waals surface area contributed by atoms with E-state index in [-0.39, 0.29) is 22.6 Å². The number of aromatic nitrogens is 4. The molecule has 0 aliphatic heterocycles. The highest BCUT2D eigenvalue weighted by Gasteiger charge is 2.76. The van der Waals surface area contributed by atoms with Gasteiger partial charge in [-0.1, -0.05) is 34.6 Å². The van der Waals surface area contributed by atoms with Gasteiger partial charge in [0.2, 0.25) is 11.6 Å². The van der Waals surface area contributed by atoms with Gasteiger partial charge in [-0.25, -0.2) is 9.78 Å². The second kappa shape index (κ2) is 6.00. The molecule has 2 fully saturated rings. The molecule has 2 atom stereocenters. The predicted octanol–water partition coefficient (Wildman–Crippen LogP) is 1.92. The maximum atomic E-state index is 13.2. The van der Waals surface area contributed by atoms with Crippen LogP contribution in [0.2, 0.25) is 0 Å². The summed E-state index contributed by atoms with van der Waals surface area (Å²) in [5.74, 6) is -0.454. The van der Waals surface area contributed by atoms with Crippen molar-refractivity contribution < 1.29 is 9.59 Å². The molecule has 0 spiro atoms. The second-order valence-electron chi connectivity index (χ2n) is 9.20. The first-order valence-electron chi connectivity index (χ1n) is 10.4. The number of ketones is 2. The maximum Gasteiger partial charge on any atom is 0.332 e. The lowest BCUT2D eigenvalue weighted by molar-refractivity contribution is -0.141. The highest BCUT2D eigenvalue weighted by atomic mass is 16.2. The van der Waals surface area contributed by atoms with E-state index >= 15 is 0 Å². The fourth-order valence-corrected chi connectivity index (χ4v) is 5.51. The summed E-state index contributed by atoms with van der Waals surface area (Å²) < 4.78 is 2.73. The van der Waals surface area contributed by atoms with E-state index in [1.807, 2.05) is 34.6 Å². The van der Waals surface area contributed by atoms with E-state index in [0.29, 0.717) is 44.6 Å². The van der Waals surface area contributed by atoms with Crippen molar-refractivity contribution in [2.75, 3.05) is 0 Å². The van der Waals surface area contributed by atoms with E-state index in [1.54, 1.807) is 0 Å². The number of hydrogen-bond donors (Lipinski definition) is 1. The Labute approximate surface area is 168 Å². The molecule has 4 rings (SSSR count). The van der Waals surface area contributed by atoms with E-state index in [9.17, 15) is 19.2 Å². The quantitative estimate of drug-likeness (QED) is 0.772. The third-order valence-corrected chi connectivity index (χ3v) is 7.70. The minimum atomic E-state index is -1.09. The van der Waals surface area contributed by atoms with Gasteiger partial charge in [-0.3, -0.25) is 23.5 Å². The number of H-pyrrole nitrogens is 1. The molecule has 0 amide bonds. The first-order chi connectivity index (χ1) is 13.6. The average Bonchev–Trinajstić information content (AvgIpc) is 3.23. The summed E-state index contributed by atoms with van der Waals surface area (Å²) in [6, 6.07) is 0. The van der Waals surface area contributed by atoms with Gasteiger partial charge in [0.05, 0.1) is 0 Å². The zero-order valence-electron chi connectivity index (χ0n) is 17.7. The summed E-state index contributed by atoms with van der Waals surface area (Å²) in [6.45, 7) is 10.3. The molecule has 1 N–H and O–H groups in total. The van der Waals surface area contributed by atoms with Gasteiger partial charge in [0.1, 0.15) is 16.8 Å². The van der Waals surface area contributed by atoms with Crippen LogP contribution in [-0.2, 0) is 28.1 Å². The highest BCUT2D eigenvalue weighted by Crippen LogP contribution is 2.68. The van der Waals surface area contributed by atoms with Crippen molar-refractivity contribution in [3.8, 4) is 0 Å². The van der Waals surface area contributed by atoms with E-state index in [4.69, 9.17) is 0 Å². The first kappa shape index (κ1) is 19.8. The van der Waals surface area contributed by atoms with Crippen LogP contribution in [0.25, 0.3) is 11.2 Å². The molecule has 0 aromatic carbocycles. The Balaban J connectivity index is 2.05. The third-order valence-electron chi connectivity index (χ3n) is 7.70. The number of aryl methyl sites for hydroxylation is 1. The summed E-state index contributed by atoms with van der Waals surface area (Å²) in [7, 11) is 0. The molecule has 0 saturated heterocycles. The van der Waals surface area contributed by atoms with Gasteiger partial charge in [0.15, 0.2) is 5.65 Å². The molecule has 2 saturated carbocycles. The maximum absolute atomic E-state index is 13.2. The molecule has 8 heteroatoms. The largest absolute Gasteiger partial charge is 0.335 e. The number of carbonyl (C=O) groups excluding carboxylic acids is 2. The molecule has 29 heavy (non-hydrogen) atoms. The van der Waals surface area contributed by atoms with Gasteiger partial charge in [0, 0.05) is 18.5 Å². The first-order valence-corrected chi connectivity index (χ1v) is 10.4. The highest BCUT2D eigenvalue weighted by molar-refractivity contribution is 6.46. The molecular weight excluding hydrogens is 372 g/mol. The summed E-state index contributed by atoms with van der Waals surface area (Å²) in [5, 5.41) is 0. The van der Waals surface area contributed by atoms with Gasteiger partial charge >= 0.3 is 5.69 Å². The normalized spacial score (nSPS) is 28.0. The Kier molecular flexibility index (Phi) is 4.09. The lowest BCUT2D eigenvalue weighted by atomic mass is 9.64. The number of Topliss-reactive ketones (excluding diaryl/α,β-unsaturated/α-hetero) is 2. The molecule has 2 aliphatic rings. The Bertz CT molecular complexity index is 1170. The van der Waals surface area contributed by atoms with Gasteiger partial charge in [-0.2, -0.15) is 0 Å². The molecule has 2 aromatic heterocycles. The van der Waals surface area contributed by atoms with E-state index in [2.05, 4.69) is 9.97 Å². The lowest BCUT2D eigenvalue weighted by Gasteiger charge is -2.36. The van der Waals surface area contributed by atoms with Crippen molar-refractivity contribution in [1.29, 1.82) is 0 Å². The smallest absolute Gasteiger partial charge is 0.332 e. The lowest BCUT2D eigenvalue weighted by Crippen LogP contribution is -2.42. The van der Waals surface area contributed by atoms with Crippen LogP contribution in [0, 0.1) is 10.8 Å². The third kappa shape index (κ3) is 2.07. The van der Waals surface area contributed by atoms with E-state index in [1.165, 1.54) is 9.13 Å². The predicted molar refractivity (Wildman–Crippen MR) is 108 cm³/mol. The Morgan fingerprint density at radius 2 is 1.55 bits per heavy atom. The average molecular weight is 400 g/mol. The number of aromatic amines is 1. The minimum absolute atomic E-state index is 0.229. The molecule has 156 valence electrons. The number of fused-ring (bicyclic) bond motifs is 3. The Hall–Kier alpha value is -2.51. The summed E-state index contributed by atoms with van der Waals surface area (Å²) >= 11 is 0. The molecule has 8 nitrogen and oxygen atoms in total. The summed E-state index contributed by atoms with van der Waals surface area (Å²) in [6.07, 6.45) is 2.45.